The number of hydrogen-bond donors (Lipinski definition) is 0. The van der Waals surface area contributed by atoms with Crippen LogP contribution in [0, 0.1) is 30.9 Å². The first-order chi connectivity index (χ1) is 11.8. The molecule has 25 heavy (non-hydrogen) atoms. The second kappa shape index (κ2) is 7.94. The van der Waals surface area contributed by atoms with E-state index < -0.39 is 4.92 Å². The number of hydrogen-bond acceptors (Lipinski definition) is 5. The molecule has 0 radical (unpaired) electrons. The predicted molar refractivity (Wildman–Crippen MR) is 93.4 cm³/mol. The highest BCUT2D eigenvalue weighted by molar-refractivity contribution is 5.98. The Morgan fingerprint density at radius 1 is 1.24 bits per heavy atom. The third-order valence-corrected chi connectivity index (χ3v) is 4.06. The number of ether oxygens (including phenoxy) is 2. The van der Waals surface area contributed by atoms with Crippen LogP contribution in [0.25, 0.3) is 0 Å². The Morgan fingerprint density at radius 2 is 1.96 bits per heavy atom. The summed E-state index contributed by atoms with van der Waals surface area (Å²) in [5, 5.41) is 11.1. The molecule has 134 valence electrons. The molecule has 1 aromatic heterocycles. The summed E-state index contributed by atoms with van der Waals surface area (Å²) in [4.78, 5) is 23.1. The Balaban J connectivity index is 2.15. The fourth-order valence-corrected chi connectivity index (χ4v) is 2.72. The highest BCUT2D eigenvalue weighted by Gasteiger charge is 2.19. The smallest absolute Gasteiger partial charge is 0.311 e. The van der Waals surface area contributed by atoms with Gasteiger partial charge in [-0.05, 0) is 38.5 Å². The molecule has 1 aromatic carbocycles. The van der Waals surface area contributed by atoms with Gasteiger partial charge in [-0.15, -0.1) is 0 Å². The minimum Gasteiger partial charge on any atom is -0.478 e. The molecule has 0 bridgehead atoms. The molecular weight excluding hydrogens is 324 g/mol. The maximum Gasteiger partial charge on any atom is 0.311 e. The number of rotatable bonds is 8. The number of aromatic nitrogens is 1. The molecule has 7 nitrogen and oxygen atoms in total. The Morgan fingerprint density at radius 3 is 2.60 bits per heavy atom. The molecule has 7 heteroatoms. The van der Waals surface area contributed by atoms with E-state index in [0.717, 1.165) is 17.0 Å². The number of nitro groups is 1. The van der Waals surface area contributed by atoms with E-state index in [-0.39, 0.29) is 23.8 Å². The van der Waals surface area contributed by atoms with Crippen LogP contribution in [0.1, 0.15) is 27.3 Å². The average Bonchev–Trinajstić information content (AvgIpc) is 2.85. The first-order valence-electron chi connectivity index (χ1n) is 7.91. The summed E-state index contributed by atoms with van der Waals surface area (Å²) in [7, 11) is 1.63. The van der Waals surface area contributed by atoms with E-state index in [9.17, 15) is 14.9 Å². The van der Waals surface area contributed by atoms with E-state index in [1.807, 2.05) is 18.4 Å². The number of ketones is 1. The fourth-order valence-electron chi connectivity index (χ4n) is 2.72. The molecule has 0 amide bonds. The topological polar surface area (TPSA) is 83.6 Å². The van der Waals surface area contributed by atoms with Crippen LogP contribution >= 0.6 is 0 Å². The standard InChI is InChI=1S/C18H22N2O5/c1-12-5-6-18(16(9-12)20(22)23)25-11-17(21)15-10-13(2)19(14(15)3)7-8-24-4/h5-6,9-10H,7-8,11H2,1-4H3. The van der Waals surface area contributed by atoms with Crippen molar-refractivity contribution in [3.8, 4) is 5.75 Å². The number of Topliss-reactive ketones (excluding diaryl/α,β-unsaturated/α-hetero) is 1. The number of nitro benzene ring substituents is 1. The summed E-state index contributed by atoms with van der Waals surface area (Å²) in [5.74, 6) is -0.121. The van der Waals surface area contributed by atoms with Gasteiger partial charge in [0.2, 0.25) is 5.78 Å². The molecular formula is C18H22N2O5. The van der Waals surface area contributed by atoms with Gasteiger partial charge in [-0.1, -0.05) is 6.07 Å². The van der Waals surface area contributed by atoms with Crippen molar-refractivity contribution >= 4 is 11.5 Å². The van der Waals surface area contributed by atoms with Gasteiger partial charge in [0.25, 0.3) is 0 Å². The molecule has 0 aliphatic rings. The van der Waals surface area contributed by atoms with Crippen molar-refractivity contribution in [3.63, 3.8) is 0 Å². The fraction of sp³-hybridized carbons (Fsp3) is 0.389. The van der Waals surface area contributed by atoms with E-state index in [4.69, 9.17) is 9.47 Å². The van der Waals surface area contributed by atoms with Crippen molar-refractivity contribution in [2.24, 2.45) is 0 Å². The monoisotopic (exact) mass is 346 g/mol. The maximum absolute atomic E-state index is 12.5. The van der Waals surface area contributed by atoms with Gasteiger partial charge in [-0.3, -0.25) is 14.9 Å². The molecule has 0 aliphatic carbocycles. The first kappa shape index (κ1) is 18.7. The number of benzene rings is 1. The third-order valence-electron chi connectivity index (χ3n) is 4.06. The number of aryl methyl sites for hydroxylation is 2. The molecule has 1 heterocycles. The van der Waals surface area contributed by atoms with Crippen LogP contribution in [0.3, 0.4) is 0 Å². The van der Waals surface area contributed by atoms with E-state index in [1.54, 1.807) is 26.2 Å². The van der Waals surface area contributed by atoms with Crippen LogP contribution in [-0.4, -0.2) is 35.6 Å². The zero-order valence-electron chi connectivity index (χ0n) is 14.9. The molecule has 0 unspecified atom stereocenters. The lowest BCUT2D eigenvalue weighted by Crippen LogP contribution is -2.14. The summed E-state index contributed by atoms with van der Waals surface area (Å²) in [6.07, 6.45) is 0. The van der Waals surface area contributed by atoms with Crippen LogP contribution in [0.2, 0.25) is 0 Å². The van der Waals surface area contributed by atoms with E-state index >= 15 is 0 Å². The van der Waals surface area contributed by atoms with E-state index in [0.29, 0.717) is 18.7 Å². The van der Waals surface area contributed by atoms with Crippen molar-refractivity contribution in [3.05, 3.63) is 56.9 Å². The van der Waals surface area contributed by atoms with Gasteiger partial charge in [-0.25, -0.2) is 0 Å². The van der Waals surface area contributed by atoms with Gasteiger partial charge in [0.05, 0.1) is 11.5 Å². The highest BCUT2D eigenvalue weighted by Crippen LogP contribution is 2.28. The first-order valence-corrected chi connectivity index (χ1v) is 7.91. The van der Waals surface area contributed by atoms with E-state index in [2.05, 4.69) is 0 Å². The lowest BCUT2D eigenvalue weighted by atomic mass is 10.1. The summed E-state index contributed by atoms with van der Waals surface area (Å²) in [6.45, 7) is 6.51. The van der Waals surface area contributed by atoms with Gasteiger partial charge < -0.3 is 14.0 Å². The van der Waals surface area contributed by atoms with Gasteiger partial charge in [-0.2, -0.15) is 0 Å². The largest absolute Gasteiger partial charge is 0.478 e. The normalized spacial score (nSPS) is 10.7. The van der Waals surface area contributed by atoms with E-state index in [1.165, 1.54) is 12.1 Å². The minimum atomic E-state index is -0.510. The highest BCUT2D eigenvalue weighted by atomic mass is 16.6. The molecule has 2 rings (SSSR count). The molecule has 0 fully saturated rings. The quantitative estimate of drug-likeness (QED) is 0.416. The average molecular weight is 346 g/mol. The minimum absolute atomic E-state index is 0.0946. The summed E-state index contributed by atoms with van der Waals surface area (Å²) in [5.41, 5.74) is 2.97. The number of nitrogens with zero attached hydrogens (tertiary/aromatic N) is 2. The second-order valence-corrected chi connectivity index (χ2v) is 5.87. The van der Waals surface area contributed by atoms with Crippen LogP contribution in [0.15, 0.2) is 24.3 Å². The van der Waals surface area contributed by atoms with Gasteiger partial charge >= 0.3 is 5.69 Å². The van der Waals surface area contributed by atoms with Crippen molar-refractivity contribution in [2.45, 2.75) is 27.3 Å². The molecule has 0 saturated heterocycles. The van der Waals surface area contributed by atoms with Crippen molar-refractivity contribution in [2.75, 3.05) is 20.3 Å². The predicted octanol–water partition coefficient (Wildman–Crippen LogP) is 3.23. The zero-order chi connectivity index (χ0) is 18.6. The molecule has 0 atom stereocenters. The maximum atomic E-state index is 12.5. The van der Waals surface area contributed by atoms with Gasteiger partial charge in [0, 0.05) is 36.7 Å². The number of carbonyl (C=O) groups excluding carboxylic acids is 1. The van der Waals surface area contributed by atoms with Crippen molar-refractivity contribution < 1.29 is 19.2 Å². The summed E-state index contributed by atoms with van der Waals surface area (Å²) in [6, 6.07) is 6.46. The lowest BCUT2D eigenvalue weighted by molar-refractivity contribution is -0.385. The molecule has 0 saturated carbocycles. The Labute approximate surface area is 146 Å². The zero-order valence-corrected chi connectivity index (χ0v) is 14.9. The van der Waals surface area contributed by atoms with Gasteiger partial charge in [0.15, 0.2) is 12.4 Å². The second-order valence-electron chi connectivity index (χ2n) is 5.87. The molecule has 0 spiro atoms. The summed E-state index contributed by atoms with van der Waals surface area (Å²) >= 11 is 0. The van der Waals surface area contributed by atoms with Crippen LogP contribution in [0.4, 0.5) is 5.69 Å². The van der Waals surface area contributed by atoms with Crippen molar-refractivity contribution in [1.29, 1.82) is 0 Å². The third kappa shape index (κ3) is 4.24. The van der Waals surface area contributed by atoms with Crippen molar-refractivity contribution in [1.82, 2.24) is 4.57 Å². The van der Waals surface area contributed by atoms with Crippen LogP contribution in [0.5, 0.6) is 5.75 Å². The molecule has 0 aliphatic heterocycles. The van der Waals surface area contributed by atoms with Crippen LogP contribution < -0.4 is 4.74 Å². The lowest BCUT2D eigenvalue weighted by Gasteiger charge is -2.09. The number of methoxy groups -OCH3 is 1. The Kier molecular flexibility index (Phi) is 5.93. The Hall–Kier alpha value is -2.67. The number of carbonyl (C=O) groups is 1. The SMILES string of the molecule is COCCn1c(C)cc(C(=O)COc2ccc(C)cc2[N+](=O)[O-])c1C. The molecule has 0 N–H and O–H groups in total. The summed E-state index contributed by atoms with van der Waals surface area (Å²) < 4.78 is 12.5. The van der Waals surface area contributed by atoms with Crippen LogP contribution in [-0.2, 0) is 11.3 Å². The Bertz CT molecular complexity index is 795. The molecule has 2 aromatic rings. The van der Waals surface area contributed by atoms with Gasteiger partial charge in [0.1, 0.15) is 0 Å².